The van der Waals surface area contributed by atoms with Crippen LogP contribution in [0.4, 0.5) is 0 Å². The first-order valence-electron chi connectivity index (χ1n) is 10.7. The van der Waals surface area contributed by atoms with Crippen LogP contribution in [0.1, 0.15) is 44.0 Å². The predicted molar refractivity (Wildman–Crippen MR) is 118 cm³/mol. The first-order valence-corrected chi connectivity index (χ1v) is 11.0. The lowest BCUT2D eigenvalue weighted by molar-refractivity contribution is -0.140. The number of hydrogen-bond donors (Lipinski definition) is 2. The molecule has 0 aromatic heterocycles. The molecular weight excluding hydrogens is 422 g/mol. The first-order chi connectivity index (χ1) is 14.8. The summed E-state index contributed by atoms with van der Waals surface area (Å²) in [7, 11) is 0. The Morgan fingerprint density at radius 2 is 2.10 bits per heavy atom. The molecule has 0 saturated heterocycles. The summed E-state index contributed by atoms with van der Waals surface area (Å²) >= 11 is 6.08. The number of nitrogens with one attached hydrogen (secondary N) is 2. The van der Waals surface area contributed by atoms with E-state index in [-0.39, 0.29) is 49.4 Å². The van der Waals surface area contributed by atoms with Gasteiger partial charge in [0, 0.05) is 24.7 Å². The number of fused-ring (bicyclic) bond motifs is 1. The second kappa shape index (κ2) is 12.5. The smallest absolute Gasteiger partial charge is 0.255 e. The maximum Gasteiger partial charge on any atom is 0.255 e. The number of hydrogen-bond acceptors (Lipinski definition) is 5. The van der Waals surface area contributed by atoms with E-state index >= 15 is 0 Å². The molecule has 0 bridgehead atoms. The Balaban J connectivity index is 2.21. The Bertz CT molecular complexity index is 772. The van der Waals surface area contributed by atoms with Crippen LogP contribution in [0.25, 0.3) is 0 Å². The van der Waals surface area contributed by atoms with Gasteiger partial charge in [0.1, 0.15) is 19.0 Å². The van der Waals surface area contributed by atoms with Crippen molar-refractivity contribution in [2.24, 2.45) is 5.92 Å². The van der Waals surface area contributed by atoms with Crippen molar-refractivity contribution < 1.29 is 23.9 Å². The first kappa shape index (κ1) is 24.9. The minimum Gasteiger partial charge on any atom is -0.491 e. The van der Waals surface area contributed by atoms with Crippen molar-refractivity contribution in [2.45, 2.75) is 39.7 Å². The van der Waals surface area contributed by atoms with Gasteiger partial charge in [-0.15, -0.1) is 0 Å². The highest BCUT2D eigenvalue weighted by Gasteiger charge is 2.23. The monoisotopic (exact) mass is 453 g/mol. The van der Waals surface area contributed by atoms with Crippen LogP contribution in [0.5, 0.6) is 5.75 Å². The van der Waals surface area contributed by atoms with Gasteiger partial charge in [0.15, 0.2) is 0 Å². The number of halogens is 1. The molecule has 0 unspecified atom stereocenters. The molecular formula is C22H32ClN3O5. The predicted octanol–water partition coefficient (Wildman–Crippen LogP) is 2.25. The van der Waals surface area contributed by atoms with Crippen LogP contribution in [0, 0.1) is 5.92 Å². The lowest BCUT2D eigenvalue weighted by atomic mass is 10.1. The number of ether oxygens (including phenoxy) is 2. The minimum atomic E-state index is -0.298. The summed E-state index contributed by atoms with van der Waals surface area (Å²) in [4.78, 5) is 39.3. The molecule has 0 aliphatic carbocycles. The summed E-state index contributed by atoms with van der Waals surface area (Å²) in [6.45, 7) is 7.08. The van der Waals surface area contributed by atoms with Gasteiger partial charge in [0.05, 0.1) is 18.2 Å². The van der Waals surface area contributed by atoms with Gasteiger partial charge in [-0.25, -0.2) is 0 Å². The fourth-order valence-electron chi connectivity index (χ4n) is 3.11. The lowest BCUT2D eigenvalue weighted by Gasteiger charge is -2.26. The van der Waals surface area contributed by atoms with Gasteiger partial charge in [-0.1, -0.05) is 25.4 Å². The number of carbonyl (C=O) groups excluding carboxylic acids is 3. The summed E-state index contributed by atoms with van der Waals surface area (Å²) in [5, 5.41) is 6.26. The van der Waals surface area contributed by atoms with E-state index in [1.54, 1.807) is 18.2 Å². The van der Waals surface area contributed by atoms with E-state index in [9.17, 15) is 14.4 Å². The molecule has 3 amide bonds. The fourth-order valence-corrected chi connectivity index (χ4v) is 3.28. The molecule has 1 aliphatic rings. The zero-order valence-electron chi connectivity index (χ0n) is 18.4. The van der Waals surface area contributed by atoms with Crippen molar-refractivity contribution in [3.8, 4) is 5.75 Å². The topological polar surface area (TPSA) is 97.0 Å². The third kappa shape index (κ3) is 8.03. The maximum absolute atomic E-state index is 12.7. The van der Waals surface area contributed by atoms with Crippen LogP contribution in [-0.4, -0.2) is 68.1 Å². The van der Waals surface area contributed by atoms with Gasteiger partial charge in [-0.05, 0) is 43.9 Å². The summed E-state index contributed by atoms with van der Waals surface area (Å²) in [6.07, 6.45) is 1.29. The zero-order chi connectivity index (χ0) is 22.8. The average molecular weight is 454 g/mol. The van der Waals surface area contributed by atoms with Crippen molar-refractivity contribution in [2.75, 3.05) is 39.5 Å². The third-order valence-electron chi connectivity index (χ3n) is 5.01. The molecule has 8 nitrogen and oxygen atoms in total. The van der Waals surface area contributed by atoms with Gasteiger partial charge in [-0.2, -0.15) is 0 Å². The van der Waals surface area contributed by atoms with Crippen molar-refractivity contribution in [1.82, 2.24) is 15.5 Å². The molecule has 1 heterocycles. The van der Waals surface area contributed by atoms with E-state index in [0.29, 0.717) is 48.9 Å². The molecule has 1 atom stereocenters. The highest BCUT2D eigenvalue weighted by molar-refractivity contribution is 6.31. The van der Waals surface area contributed by atoms with Crippen LogP contribution in [0.15, 0.2) is 18.2 Å². The van der Waals surface area contributed by atoms with E-state index in [2.05, 4.69) is 10.6 Å². The molecule has 1 aliphatic heterocycles. The van der Waals surface area contributed by atoms with Crippen molar-refractivity contribution in [3.63, 3.8) is 0 Å². The van der Waals surface area contributed by atoms with E-state index in [1.807, 2.05) is 20.8 Å². The normalized spacial score (nSPS) is 18.9. The Morgan fingerprint density at radius 3 is 2.81 bits per heavy atom. The van der Waals surface area contributed by atoms with Crippen LogP contribution in [0.3, 0.4) is 0 Å². The molecule has 0 radical (unpaired) electrons. The summed E-state index contributed by atoms with van der Waals surface area (Å²) in [6, 6.07) is 4.59. The van der Waals surface area contributed by atoms with E-state index in [1.165, 1.54) is 4.90 Å². The molecule has 1 aromatic carbocycles. The maximum atomic E-state index is 12.7. The molecule has 2 rings (SSSR count). The molecule has 2 N–H and O–H groups in total. The van der Waals surface area contributed by atoms with E-state index in [0.717, 1.165) is 0 Å². The number of rotatable bonds is 4. The SMILES string of the molecule is CCOCC(=O)N1CCCCNC(=O)c2cc(Cl)ccc2OC[C@@H](C(C)C)NC(=O)C1. The molecule has 1 aromatic rings. The highest BCUT2D eigenvalue weighted by atomic mass is 35.5. The Labute approximate surface area is 188 Å². The Hall–Kier alpha value is -2.32. The Kier molecular flexibility index (Phi) is 10.1. The van der Waals surface area contributed by atoms with Gasteiger partial charge in [-0.3, -0.25) is 14.4 Å². The molecule has 0 spiro atoms. The Morgan fingerprint density at radius 1 is 1.32 bits per heavy atom. The summed E-state index contributed by atoms with van der Waals surface area (Å²) in [5.74, 6) is -0.277. The van der Waals surface area contributed by atoms with Crippen LogP contribution < -0.4 is 15.4 Å². The lowest BCUT2D eigenvalue weighted by Crippen LogP contribution is -2.48. The van der Waals surface area contributed by atoms with Crippen LogP contribution in [0.2, 0.25) is 5.02 Å². The highest BCUT2D eigenvalue weighted by Crippen LogP contribution is 2.23. The van der Waals surface area contributed by atoms with Crippen molar-refractivity contribution in [3.05, 3.63) is 28.8 Å². The largest absolute Gasteiger partial charge is 0.491 e. The van der Waals surface area contributed by atoms with E-state index in [4.69, 9.17) is 21.1 Å². The third-order valence-corrected chi connectivity index (χ3v) is 5.25. The number of benzene rings is 1. The van der Waals surface area contributed by atoms with Crippen LogP contribution >= 0.6 is 11.6 Å². The van der Waals surface area contributed by atoms with Crippen molar-refractivity contribution >= 4 is 29.3 Å². The standard InChI is InChI=1S/C22H32ClN3O5/c1-4-30-14-21(28)26-10-6-5-9-24-22(29)17-11-16(23)7-8-19(17)31-13-18(15(2)3)25-20(27)12-26/h7-8,11,15,18H,4-6,9-10,12-14H2,1-3H3,(H,24,29)(H,25,27)/t18-/m0/s1. The molecule has 0 fully saturated rings. The van der Waals surface area contributed by atoms with Crippen molar-refractivity contribution in [1.29, 1.82) is 0 Å². The molecule has 172 valence electrons. The van der Waals surface area contributed by atoms with Crippen LogP contribution in [-0.2, 0) is 14.3 Å². The second-order valence-corrected chi connectivity index (χ2v) is 8.22. The van der Waals surface area contributed by atoms with Gasteiger partial charge in [0.25, 0.3) is 5.91 Å². The number of carbonyl (C=O) groups is 3. The van der Waals surface area contributed by atoms with Gasteiger partial charge < -0.3 is 25.0 Å². The quantitative estimate of drug-likeness (QED) is 0.728. The second-order valence-electron chi connectivity index (χ2n) is 7.78. The van der Waals surface area contributed by atoms with Gasteiger partial charge >= 0.3 is 0 Å². The minimum absolute atomic E-state index is 0.0479. The van der Waals surface area contributed by atoms with E-state index < -0.39 is 0 Å². The molecule has 9 heteroatoms. The average Bonchev–Trinajstić information content (AvgIpc) is 2.73. The molecule has 31 heavy (non-hydrogen) atoms. The fraction of sp³-hybridized carbons (Fsp3) is 0.591. The summed E-state index contributed by atoms with van der Waals surface area (Å²) < 4.78 is 11.1. The number of nitrogens with zero attached hydrogens (tertiary/aromatic N) is 1. The zero-order valence-corrected chi connectivity index (χ0v) is 19.2. The molecule has 0 saturated carbocycles. The summed E-state index contributed by atoms with van der Waals surface area (Å²) in [5.41, 5.74) is 0.352. The number of amides is 3. The van der Waals surface area contributed by atoms with Gasteiger partial charge in [0.2, 0.25) is 11.8 Å².